The molecule has 0 fully saturated rings. The van der Waals surface area contributed by atoms with Gasteiger partial charge in [0, 0.05) is 11.1 Å². The minimum Gasteiger partial charge on any atom is -0.248 e. The fourth-order valence-electron chi connectivity index (χ4n) is 2.43. The van der Waals surface area contributed by atoms with Crippen LogP contribution in [0.25, 0.3) is 0 Å². The number of aryl methyl sites for hydroxylation is 1. The third-order valence-electron chi connectivity index (χ3n) is 3.66. The molecule has 0 heterocycles. The van der Waals surface area contributed by atoms with Crippen LogP contribution in [0.1, 0.15) is 23.6 Å². The summed E-state index contributed by atoms with van der Waals surface area (Å²) >= 11 is 0. The molecule has 2 rings (SSSR count). The van der Waals surface area contributed by atoms with Crippen molar-refractivity contribution >= 4 is 11.4 Å². The first kappa shape index (κ1) is 17.2. The van der Waals surface area contributed by atoms with Gasteiger partial charge in [0.05, 0.1) is 23.0 Å². The van der Waals surface area contributed by atoms with Crippen molar-refractivity contribution < 1.29 is 0 Å². The molecular weight excluding hydrogens is 292 g/mol. The maximum absolute atomic E-state index is 9.09. The van der Waals surface area contributed by atoms with Crippen molar-refractivity contribution in [2.75, 3.05) is 0 Å². The lowest BCUT2D eigenvalue weighted by Gasteiger charge is -2.10. The van der Waals surface area contributed by atoms with Crippen LogP contribution in [-0.4, -0.2) is 5.71 Å². The minimum atomic E-state index is 0.651. The summed E-state index contributed by atoms with van der Waals surface area (Å²) in [6.45, 7) is 9.73. The van der Waals surface area contributed by atoms with Crippen LogP contribution in [0.15, 0.2) is 90.5 Å². The predicted octanol–water partition coefficient (Wildman–Crippen LogP) is 5.54. The molecule has 2 heteroatoms. The van der Waals surface area contributed by atoms with E-state index in [0.717, 1.165) is 34.5 Å². The van der Waals surface area contributed by atoms with Gasteiger partial charge in [0.1, 0.15) is 0 Å². The topological polar surface area (TPSA) is 36.1 Å². The van der Waals surface area contributed by atoms with Gasteiger partial charge < -0.3 is 0 Å². The fraction of sp³-hybridized carbons (Fsp3) is 0.0909. The molecule has 0 bridgehead atoms. The Kier molecular flexibility index (Phi) is 6.05. The summed E-state index contributed by atoms with van der Waals surface area (Å²) in [5, 5.41) is 9.09. The lowest BCUT2D eigenvalue weighted by atomic mass is 10.0. The molecule has 0 radical (unpaired) electrons. The maximum atomic E-state index is 9.09. The molecule has 0 aliphatic heterocycles. The first-order valence-corrected chi connectivity index (χ1v) is 7.86. The molecule has 2 aromatic carbocycles. The zero-order valence-corrected chi connectivity index (χ0v) is 13.9. The van der Waals surface area contributed by atoms with Gasteiger partial charge in [0.15, 0.2) is 0 Å². The second-order valence-electron chi connectivity index (χ2n) is 5.20. The average molecular weight is 312 g/mol. The van der Waals surface area contributed by atoms with Crippen molar-refractivity contribution in [1.29, 1.82) is 5.26 Å². The summed E-state index contributed by atoms with van der Waals surface area (Å²) in [5.41, 5.74) is 5.32. The predicted molar refractivity (Wildman–Crippen MR) is 102 cm³/mol. The largest absolute Gasteiger partial charge is 0.248 e. The zero-order chi connectivity index (χ0) is 17.4. The minimum absolute atomic E-state index is 0.651. The quantitative estimate of drug-likeness (QED) is 0.509. The maximum Gasteiger partial charge on any atom is 0.0991 e. The van der Waals surface area contributed by atoms with E-state index in [1.54, 1.807) is 18.2 Å². The van der Waals surface area contributed by atoms with Crippen LogP contribution in [0.4, 0.5) is 5.69 Å². The molecule has 0 aliphatic carbocycles. The molecule has 0 saturated heterocycles. The number of nitriles is 1. The van der Waals surface area contributed by atoms with Gasteiger partial charge in [-0.2, -0.15) is 5.26 Å². The van der Waals surface area contributed by atoms with Gasteiger partial charge in [-0.25, -0.2) is 4.99 Å². The van der Waals surface area contributed by atoms with E-state index in [1.807, 2.05) is 48.5 Å². The second kappa shape index (κ2) is 8.45. The number of allylic oxidation sites excluding steroid dienone is 4. The first-order chi connectivity index (χ1) is 11.7. The molecular formula is C22H20N2. The standard InChI is InChI=1S/C22H20N2/c1-4-10-18(5-2)22(20-11-8-7-9-12-20)24-21-14-13-17(16-23)15-19(21)6-3/h4-5,7-15H,1-2,6H2,3H3/b18-10+,24-22?. The highest BCUT2D eigenvalue weighted by molar-refractivity contribution is 6.15. The van der Waals surface area contributed by atoms with E-state index in [9.17, 15) is 0 Å². The number of benzene rings is 2. The summed E-state index contributed by atoms with van der Waals surface area (Å²) in [5.74, 6) is 0. The van der Waals surface area contributed by atoms with Crippen molar-refractivity contribution in [1.82, 2.24) is 0 Å². The summed E-state index contributed by atoms with van der Waals surface area (Å²) in [6.07, 6.45) is 6.22. The van der Waals surface area contributed by atoms with Crippen LogP contribution in [0, 0.1) is 11.3 Å². The summed E-state index contributed by atoms with van der Waals surface area (Å²) in [7, 11) is 0. The Labute approximate surface area is 143 Å². The highest BCUT2D eigenvalue weighted by Gasteiger charge is 2.09. The number of nitrogens with zero attached hydrogens (tertiary/aromatic N) is 2. The van der Waals surface area contributed by atoms with E-state index in [0.29, 0.717) is 5.56 Å². The number of rotatable bonds is 6. The molecule has 118 valence electrons. The molecule has 0 spiro atoms. The van der Waals surface area contributed by atoms with Crippen LogP contribution < -0.4 is 0 Å². The Hall–Kier alpha value is -3.18. The first-order valence-electron chi connectivity index (χ1n) is 7.86. The van der Waals surface area contributed by atoms with Gasteiger partial charge in [-0.15, -0.1) is 0 Å². The average Bonchev–Trinajstić information content (AvgIpc) is 2.65. The third-order valence-corrected chi connectivity index (χ3v) is 3.66. The van der Waals surface area contributed by atoms with Crippen molar-refractivity contribution in [3.05, 3.63) is 102 Å². The van der Waals surface area contributed by atoms with Gasteiger partial charge in [0.2, 0.25) is 0 Å². The molecule has 0 saturated carbocycles. The molecule has 0 aliphatic rings. The lowest BCUT2D eigenvalue weighted by Crippen LogP contribution is -2.03. The lowest BCUT2D eigenvalue weighted by molar-refractivity contribution is 1.13. The second-order valence-corrected chi connectivity index (χ2v) is 5.20. The number of hydrogen-bond donors (Lipinski definition) is 0. The van der Waals surface area contributed by atoms with Gasteiger partial charge in [-0.1, -0.05) is 68.6 Å². The van der Waals surface area contributed by atoms with E-state index in [1.165, 1.54) is 0 Å². The summed E-state index contributed by atoms with van der Waals surface area (Å²) < 4.78 is 0. The van der Waals surface area contributed by atoms with Crippen LogP contribution in [0.3, 0.4) is 0 Å². The smallest absolute Gasteiger partial charge is 0.0991 e. The third kappa shape index (κ3) is 3.97. The van der Waals surface area contributed by atoms with Crippen molar-refractivity contribution in [3.63, 3.8) is 0 Å². The highest BCUT2D eigenvalue weighted by atomic mass is 14.8. The van der Waals surface area contributed by atoms with Crippen molar-refractivity contribution in [2.45, 2.75) is 13.3 Å². The Morgan fingerprint density at radius 2 is 1.92 bits per heavy atom. The molecule has 24 heavy (non-hydrogen) atoms. The van der Waals surface area contributed by atoms with E-state index in [2.05, 4.69) is 26.2 Å². The monoisotopic (exact) mass is 312 g/mol. The molecule has 0 amide bonds. The van der Waals surface area contributed by atoms with Crippen LogP contribution >= 0.6 is 0 Å². The van der Waals surface area contributed by atoms with Crippen LogP contribution in [0.5, 0.6) is 0 Å². The van der Waals surface area contributed by atoms with E-state index in [-0.39, 0.29) is 0 Å². The zero-order valence-electron chi connectivity index (χ0n) is 13.9. The van der Waals surface area contributed by atoms with E-state index < -0.39 is 0 Å². The Morgan fingerprint density at radius 1 is 1.17 bits per heavy atom. The highest BCUT2D eigenvalue weighted by Crippen LogP contribution is 2.24. The van der Waals surface area contributed by atoms with Gasteiger partial charge in [-0.3, -0.25) is 0 Å². The fourth-order valence-corrected chi connectivity index (χ4v) is 2.43. The Balaban J connectivity index is 2.66. The normalized spacial score (nSPS) is 11.7. The molecule has 2 nitrogen and oxygen atoms in total. The van der Waals surface area contributed by atoms with E-state index in [4.69, 9.17) is 10.3 Å². The van der Waals surface area contributed by atoms with E-state index >= 15 is 0 Å². The summed E-state index contributed by atoms with van der Waals surface area (Å²) in [6, 6.07) is 17.8. The summed E-state index contributed by atoms with van der Waals surface area (Å²) in [4.78, 5) is 4.88. The van der Waals surface area contributed by atoms with Gasteiger partial charge >= 0.3 is 0 Å². The molecule has 0 atom stereocenters. The van der Waals surface area contributed by atoms with Crippen molar-refractivity contribution in [2.24, 2.45) is 4.99 Å². The van der Waals surface area contributed by atoms with Gasteiger partial charge in [-0.05, 0) is 30.2 Å². The molecule has 2 aromatic rings. The Bertz CT molecular complexity index is 834. The molecule has 0 aromatic heterocycles. The van der Waals surface area contributed by atoms with Gasteiger partial charge in [0.25, 0.3) is 0 Å². The number of hydrogen-bond acceptors (Lipinski definition) is 2. The van der Waals surface area contributed by atoms with Crippen LogP contribution in [0.2, 0.25) is 0 Å². The number of aliphatic imine (C=N–C) groups is 1. The SMILES string of the molecule is C=C/C=C(\C=C)C(=Nc1ccc(C#N)cc1CC)c1ccccc1. The molecule has 0 unspecified atom stereocenters. The van der Waals surface area contributed by atoms with Crippen LogP contribution in [-0.2, 0) is 6.42 Å². The Morgan fingerprint density at radius 3 is 2.50 bits per heavy atom. The van der Waals surface area contributed by atoms with Crippen molar-refractivity contribution in [3.8, 4) is 6.07 Å². The molecule has 0 N–H and O–H groups in total.